The average Bonchev–Trinajstić information content (AvgIpc) is 2.38. The van der Waals surface area contributed by atoms with Crippen molar-refractivity contribution in [3.05, 3.63) is 47.0 Å². The highest BCUT2D eigenvalue weighted by molar-refractivity contribution is 5.87. The Hall–Kier alpha value is -1.71. The molecule has 1 unspecified atom stereocenters. The van der Waals surface area contributed by atoms with Gasteiger partial charge in [0.15, 0.2) is 11.6 Å². The second-order valence-corrected chi connectivity index (χ2v) is 6.18. The number of ether oxygens (including phenoxy) is 1. The molecular weight excluding hydrogens is 274 g/mol. The first-order valence-electron chi connectivity index (χ1n) is 7.09. The maximum Gasteiger partial charge on any atom is 0.333 e. The Morgan fingerprint density at radius 3 is 2.57 bits per heavy atom. The van der Waals surface area contributed by atoms with Gasteiger partial charge in [0.2, 0.25) is 0 Å². The Bertz CT molecular complexity index is 591. The van der Waals surface area contributed by atoms with Gasteiger partial charge in [0.1, 0.15) is 5.60 Å². The van der Waals surface area contributed by atoms with Gasteiger partial charge in [0.25, 0.3) is 0 Å². The van der Waals surface area contributed by atoms with Gasteiger partial charge >= 0.3 is 5.97 Å². The first-order valence-corrected chi connectivity index (χ1v) is 7.09. The van der Waals surface area contributed by atoms with Crippen LogP contribution >= 0.6 is 0 Å². The number of hydrogen-bond acceptors (Lipinski definition) is 2. The summed E-state index contributed by atoms with van der Waals surface area (Å²) in [5.74, 6) is -2.30. The Labute approximate surface area is 123 Å². The number of rotatable bonds is 3. The van der Waals surface area contributed by atoms with Crippen LogP contribution in [0.15, 0.2) is 24.3 Å². The number of esters is 1. The van der Waals surface area contributed by atoms with Crippen LogP contribution in [0.1, 0.15) is 50.7 Å². The normalized spacial score (nSPS) is 18.0. The van der Waals surface area contributed by atoms with E-state index in [1.54, 1.807) is 20.8 Å². The number of carbonyl (C=O) groups excluding carboxylic acids is 1. The molecule has 1 aromatic carbocycles. The third-order valence-electron chi connectivity index (χ3n) is 4.04. The van der Waals surface area contributed by atoms with E-state index in [2.05, 4.69) is 6.58 Å². The molecule has 0 aliphatic heterocycles. The van der Waals surface area contributed by atoms with E-state index in [4.69, 9.17) is 4.74 Å². The summed E-state index contributed by atoms with van der Waals surface area (Å²) < 4.78 is 32.4. The quantitative estimate of drug-likeness (QED) is 0.614. The van der Waals surface area contributed by atoms with Crippen LogP contribution in [0.4, 0.5) is 8.78 Å². The molecule has 0 N–H and O–H groups in total. The molecule has 1 aromatic rings. The Balaban J connectivity index is 2.36. The topological polar surface area (TPSA) is 26.3 Å². The van der Waals surface area contributed by atoms with Crippen LogP contribution in [-0.2, 0) is 16.0 Å². The van der Waals surface area contributed by atoms with Crippen LogP contribution in [0.3, 0.4) is 0 Å². The SMILES string of the molecule is C=C(C)C(=O)OC(C)(C)C1CCCc2cc(F)c(F)cc21. The van der Waals surface area contributed by atoms with E-state index < -0.39 is 23.2 Å². The summed E-state index contributed by atoms with van der Waals surface area (Å²) in [5.41, 5.74) is 1.06. The predicted molar refractivity (Wildman–Crippen MR) is 77.0 cm³/mol. The second kappa shape index (κ2) is 5.58. The zero-order valence-corrected chi connectivity index (χ0v) is 12.6. The zero-order chi connectivity index (χ0) is 15.8. The molecule has 1 aliphatic carbocycles. The number of benzene rings is 1. The summed E-state index contributed by atoms with van der Waals surface area (Å²) in [5, 5.41) is 0. The van der Waals surface area contributed by atoms with E-state index in [0.29, 0.717) is 12.0 Å². The lowest BCUT2D eigenvalue weighted by Crippen LogP contribution is -2.37. The molecule has 1 atom stereocenters. The van der Waals surface area contributed by atoms with E-state index in [-0.39, 0.29) is 5.92 Å². The van der Waals surface area contributed by atoms with Gasteiger partial charge in [0, 0.05) is 11.5 Å². The first-order chi connectivity index (χ1) is 9.72. The molecule has 21 heavy (non-hydrogen) atoms. The highest BCUT2D eigenvalue weighted by Gasteiger charge is 2.37. The number of halogens is 2. The standard InChI is InChI=1S/C17H20F2O2/c1-10(2)16(20)21-17(3,4)13-7-5-6-11-8-14(18)15(19)9-12(11)13/h8-9,13H,1,5-7H2,2-4H3. The predicted octanol–water partition coefficient (Wildman–Crippen LogP) is 4.28. The highest BCUT2D eigenvalue weighted by Crippen LogP contribution is 2.41. The fourth-order valence-corrected chi connectivity index (χ4v) is 2.92. The van der Waals surface area contributed by atoms with Gasteiger partial charge in [-0.15, -0.1) is 0 Å². The molecule has 0 spiro atoms. The number of aryl methyl sites for hydroxylation is 1. The summed E-state index contributed by atoms with van der Waals surface area (Å²) in [4.78, 5) is 11.8. The maximum absolute atomic E-state index is 13.6. The van der Waals surface area contributed by atoms with Crippen molar-refractivity contribution in [3.63, 3.8) is 0 Å². The molecule has 2 rings (SSSR count). The minimum atomic E-state index is -0.859. The van der Waals surface area contributed by atoms with Crippen LogP contribution in [-0.4, -0.2) is 11.6 Å². The largest absolute Gasteiger partial charge is 0.456 e. The summed E-state index contributed by atoms with van der Waals surface area (Å²) in [6, 6.07) is 2.50. The van der Waals surface area contributed by atoms with Crippen LogP contribution in [0.25, 0.3) is 0 Å². The van der Waals surface area contributed by atoms with Crippen molar-refractivity contribution in [2.45, 2.75) is 51.6 Å². The first kappa shape index (κ1) is 15.7. The van der Waals surface area contributed by atoms with Crippen molar-refractivity contribution in [3.8, 4) is 0 Å². The van der Waals surface area contributed by atoms with Crippen molar-refractivity contribution >= 4 is 5.97 Å². The third-order valence-corrected chi connectivity index (χ3v) is 4.04. The van der Waals surface area contributed by atoms with Crippen LogP contribution < -0.4 is 0 Å². The monoisotopic (exact) mass is 294 g/mol. The lowest BCUT2D eigenvalue weighted by atomic mass is 9.74. The van der Waals surface area contributed by atoms with Gasteiger partial charge in [-0.1, -0.05) is 6.58 Å². The molecular formula is C17H20F2O2. The van der Waals surface area contributed by atoms with E-state index in [1.165, 1.54) is 12.1 Å². The van der Waals surface area contributed by atoms with Gasteiger partial charge in [-0.05, 0) is 63.3 Å². The summed E-state index contributed by atoms with van der Waals surface area (Å²) in [6.07, 6.45) is 2.35. The molecule has 0 bridgehead atoms. The second-order valence-electron chi connectivity index (χ2n) is 6.18. The highest BCUT2D eigenvalue weighted by atomic mass is 19.2. The molecule has 0 heterocycles. The smallest absolute Gasteiger partial charge is 0.333 e. The molecule has 0 saturated heterocycles. The summed E-state index contributed by atoms with van der Waals surface area (Å²) in [7, 11) is 0. The van der Waals surface area contributed by atoms with Crippen molar-refractivity contribution < 1.29 is 18.3 Å². The molecule has 0 fully saturated rings. The van der Waals surface area contributed by atoms with Gasteiger partial charge in [0.05, 0.1) is 0 Å². The average molecular weight is 294 g/mol. The Morgan fingerprint density at radius 1 is 1.33 bits per heavy atom. The molecule has 0 aromatic heterocycles. The van der Waals surface area contributed by atoms with Crippen LogP contribution in [0.2, 0.25) is 0 Å². The summed E-state index contributed by atoms with van der Waals surface area (Å²) in [6.45, 7) is 8.76. The Kier molecular flexibility index (Phi) is 4.17. The number of hydrogen-bond donors (Lipinski definition) is 0. The number of carbonyl (C=O) groups is 1. The minimum Gasteiger partial charge on any atom is -0.456 e. The van der Waals surface area contributed by atoms with Crippen LogP contribution in [0.5, 0.6) is 0 Å². The Morgan fingerprint density at radius 2 is 1.95 bits per heavy atom. The van der Waals surface area contributed by atoms with E-state index in [1.807, 2.05) is 0 Å². The molecule has 0 saturated carbocycles. The van der Waals surface area contributed by atoms with Gasteiger partial charge in [-0.25, -0.2) is 13.6 Å². The minimum absolute atomic E-state index is 0.153. The molecule has 114 valence electrons. The third kappa shape index (κ3) is 3.14. The zero-order valence-electron chi connectivity index (χ0n) is 12.6. The maximum atomic E-state index is 13.6. The van der Waals surface area contributed by atoms with E-state index in [9.17, 15) is 13.6 Å². The van der Waals surface area contributed by atoms with E-state index in [0.717, 1.165) is 24.0 Å². The lowest BCUT2D eigenvalue weighted by Gasteiger charge is -2.38. The molecule has 0 amide bonds. The van der Waals surface area contributed by atoms with Gasteiger partial charge in [-0.2, -0.15) is 0 Å². The van der Waals surface area contributed by atoms with Crippen LogP contribution in [0, 0.1) is 11.6 Å². The molecule has 0 radical (unpaired) electrons. The lowest BCUT2D eigenvalue weighted by molar-refractivity contribution is -0.154. The van der Waals surface area contributed by atoms with Gasteiger partial charge < -0.3 is 4.74 Å². The molecule has 2 nitrogen and oxygen atoms in total. The fourth-order valence-electron chi connectivity index (χ4n) is 2.92. The fraction of sp³-hybridized carbons (Fsp3) is 0.471. The van der Waals surface area contributed by atoms with Crippen molar-refractivity contribution in [2.75, 3.05) is 0 Å². The molecule has 4 heteroatoms. The van der Waals surface area contributed by atoms with Crippen molar-refractivity contribution in [2.24, 2.45) is 0 Å². The molecule has 1 aliphatic rings. The number of fused-ring (bicyclic) bond motifs is 1. The van der Waals surface area contributed by atoms with Crippen molar-refractivity contribution in [1.82, 2.24) is 0 Å². The van der Waals surface area contributed by atoms with Crippen molar-refractivity contribution in [1.29, 1.82) is 0 Å². The van der Waals surface area contributed by atoms with Gasteiger partial charge in [-0.3, -0.25) is 0 Å². The summed E-state index contributed by atoms with van der Waals surface area (Å²) >= 11 is 0. The van der Waals surface area contributed by atoms with E-state index >= 15 is 0 Å².